The summed E-state index contributed by atoms with van der Waals surface area (Å²) < 4.78 is 1.97. The van der Waals surface area contributed by atoms with E-state index in [0.717, 1.165) is 22.5 Å². The van der Waals surface area contributed by atoms with Crippen LogP contribution in [0.25, 0.3) is 16.8 Å². The first-order valence-electron chi connectivity index (χ1n) is 5.32. The summed E-state index contributed by atoms with van der Waals surface area (Å²) in [5.41, 5.74) is 3.78. The van der Waals surface area contributed by atoms with E-state index in [1.165, 1.54) is 6.20 Å². The fourth-order valence-electron chi connectivity index (χ4n) is 1.88. The molecule has 1 N–H and O–H groups in total. The van der Waals surface area contributed by atoms with Gasteiger partial charge in [-0.3, -0.25) is 4.98 Å². The van der Waals surface area contributed by atoms with Crippen molar-refractivity contribution in [1.82, 2.24) is 14.4 Å². The highest BCUT2D eigenvalue weighted by atomic mass is 16.3. The molecule has 3 rings (SSSR count). The lowest BCUT2D eigenvalue weighted by molar-refractivity contribution is 0.473. The molecule has 0 fully saturated rings. The maximum absolute atomic E-state index is 9.41. The average Bonchev–Trinajstić information content (AvgIpc) is 2.68. The average molecular weight is 225 g/mol. The van der Waals surface area contributed by atoms with Crippen LogP contribution in [-0.4, -0.2) is 19.5 Å². The molecule has 0 atom stereocenters. The summed E-state index contributed by atoms with van der Waals surface area (Å²) in [6, 6.07) is 5.61. The third-order valence-corrected chi connectivity index (χ3v) is 2.63. The third kappa shape index (κ3) is 1.73. The molecule has 0 radical (unpaired) electrons. The minimum Gasteiger partial charge on any atom is -0.506 e. The van der Waals surface area contributed by atoms with E-state index >= 15 is 0 Å². The Bertz CT molecular complexity index is 688. The first-order chi connectivity index (χ1) is 8.22. The lowest BCUT2D eigenvalue weighted by Gasteiger charge is -2.02. The Morgan fingerprint density at radius 2 is 2.00 bits per heavy atom. The van der Waals surface area contributed by atoms with Gasteiger partial charge < -0.3 is 9.51 Å². The molecule has 0 saturated heterocycles. The van der Waals surface area contributed by atoms with Gasteiger partial charge in [0.15, 0.2) is 0 Å². The van der Waals surface area contributed by atoms with Gasteiger partial charge in [-0.15, -0.1) is 0 Å². The van der Waals surface area contributed by atoms with Crippen molar-refractivity contribution in [2.75, 3.05) is 0 Å². The second-order valence-electron chi connectivity index (χ2n) is 4.00. The molecule has 0 aromatic carbocycles. The largest absolute Gasteiger partial charge is 0.506 e. The zero-order valence-corrected chi connectivity index (χ0v) is 9.33. The van der Waals surface area contributed by atoms with Crippen LogP contribution in [0.2, 0.25) is 0 Å². The van der Waals surface area contributed by atoms with E-state index in [1.54, 1.807) is 12.3 Å². The molecule has 0 bridgehead atoms. The number of fused-ring (bicyclic) bond motifs is 1. The lowest BCUT2D eigenvalue weighted by atomic mass is 10.1. The van der Waals surface area contributed by atoms with Gasteiger partial charge in [0.25, 0.3) is 0 Å². The molecule has 3 aromatic heterocycles. The summed E-state index contributed by atoms with van der Waals surface area (Å²) in [5.74, 6) is 0.171. The van der Waals surface area contributed by atoms with Gasteiger partial charge in [0.05, 0.1) is 11.9 Å². The number of imidazole rings is 1. The summed E-state index contributed by atoms with van der Waals surface area (Å²) in [4.78, 5) is 8.33. The second kappa shape index (κ2) is 3.59. The highest BCUT2D eigenvalue weighted by Crippen LogP contribution is 2.22. The molecule has 0 saturated carbocycles. The van der Waals surface area contributed by atoms with Crippen LogP contribution in [0.15, 0.2) is 43.0 Å². The van der Waals surface area contributed by atoms with Crippen molar-refractivity contribution in [3.63, 3.8) is 0 Å². The van der Waals surface area contributed by atoms with E-state index in [2.05, 4.69) is 9.97 Å². The SMILES string of the molecule is Cc1cn2cc(-c3cncc(O)c3)ccc2n1. The van der Waals surface area contributed by atoms with E-state index in [4.69, 9.17) is 0 Å². The highest BCUT2D eigenvalue weighted by Gasteiger charge is 2.02. The van der Waals surface area contributed by atoms with Crippen LogP contribution < -0.4 is 0 Å². The molecule has 0 amide bonds. The predicted octanol–water partition coefficient (Wildman–Crippen LogP) is 2.41. The van der Waals surface area contributed by atoms with Gasteiger partial charge in [-0.1, -0.05) is 0 Å². The maximum atomic E-state index is 9.41. The lowest BCUT2D eigenvalue weighted by Crippen LogP contribution is -1.86. The van der Waals surface area contributed by atoms with E-state index in [9.17, 15) is 5.11 Å². The van der Waals surface area contributed by atoms with Gasteiger partial charge in [-0.05, 0) is 25.1 Å². The van der Waals surface area contributed by atoms with Crippen molar-refractivity contribution in [3.8, 4) is 16.9 Å². The molecule has 0 unspecified atom stereocenters. The third-order valence-electron chi connectivity index (χ3n) is 2.63. The molecule has 0 aliphatic heterocycles. The minimum atomic E-state index is 0.171. The Morgan fingerprint density at radius 1 is 1.12 bits per heavy atom. The number of nitrogens with zero attached hydrogens (tertiary/aromatic N) is 3. The van der Waals surface area contributed by atoms with Crippen molar-refractivity contribution in [2.45, 2.75) is 6.92 Å². The topological polar surface area (TPSA) is 50.4 Å². The summed E-state index contributed by atoms with van der Waals surface area (Å²) in [7, 11) is 0. The van der Waals surface area contributed by atoms with Crippen LogP contribution in [-0.2, 0) is 0 Å². The Morgan fingerprint density at radius 3 is 2.82 bits per heavy atom. The zero-order chi connectivity index (χ0) is 11.8. The van der Waals surface area contributed by atoms with Gasteiger partial charge in [-0.25, -0.2) is 4.98 Å². The molecule has 3 aromatic rings. The molecule has 84 valence electrons. The van der Waals surface area contributed by atoms with E-state index in [-0.39, 0.29) is 5.75 Å². The molecule has 3 heterocycles. The number of aromatic hydroxyl groups is 1. The second-order valence-corrected chi connectivity index (χ2v) is 4.00. The van der Waals surface area contributed by atoms with Crippen LogP contribution in [0.1, 0.15) is 5.69 Å². The number of hydrogen-bond acceptors (Lipinski definition) is 3. The summed E-state index contributed by atoms with van der Waals surface area (Å²) >= 11 is 0. The molecule has 0 spiro atoms. The molecular weight excluding hydrogens is 214 g/mol. The van der Waals surface area contributed by atoms with Crippen LogP contribution >= 0.6 is 0 Å². The molecule has 4 heteroatoms. The number of aryl methyl sites for hydroxylation is 1. The standard InChI is InChI=1S/C13H11N3O/c1-9-7-16-8-10(2-3-13(16)15-9)11-4-12(17)6-14-5-11/h2-8,17H,1H3. The Kier molecular flexibility index (Phi) is 2.08. The Hall–Kier alpha value is -2.36. The molecule has 17 heavy (non-hydrogen) atoms. The summed E-state index contributed by atoms with van der Waals surface area (Å²) in [6.07, 6.45) is 7.09. The van der Waals surface area contributed by atoms with Crippen LogP contribution in [0, 0.1) is 6.92 Å². The van der Waals surface area contributed by atoms with Crippen molar-refractivity contribution < 1.29 is 5.11 Å². The van der Waals surface area contributed by atoms with Gasteiger partial charge in [0.1, 0.15) is 11.4 Å². The van der Waals surface area contributed by atoms with Gasteiger partial charge in [0.2, 0.25) is 0 Å². The molecule has 4 nitrogen and oxygen atoms in total. The van der Waals surface area contributed by atoms with E-state index in [1.807, 2.05) is 35.9 Å². The summed E-state index contributed by atoms with van der Waals surface area (Å²) in [5, 5.41) is 9.41. The van der Waals surface area contributed by atoms with Crippen molar-refractivity contribution in [3.05, 3.63) is 48.7 Å². The predicted molar refractivity (Wildman–Crippen MR) is 64.8 cm³/mol. The van der Waals surface area contributed by atoms with Crippen LogP contribution in [0.5, 0.6) is 5.75 Å². The molecular formula is C13H11N3O. The normalized spacial score (nSPS) is 10.9. The van der Waals surface area contributed by atoms with Crippen LogP contribution in [0.4, 0.5) is 0 Å². The van der Waals surface area contributed by atoms with Crippen LogP contribution in [0.3, 0.4) is 0 Å². The number of hydrogen-bond donors (Lipinski definition) is 1. The van der Waals surface area contributed by atoms with E-state index < -0.39 is 0 Å². The van der Waals surface area contributed by atoms with Crippen molar-refractivity contribution >= 4 is 5.65 Å². The number of pyridine rings is 2. The van der Waals surface area contributed by atoms with Crippen molar-refractivity contribution in [2.24, 2.45) is 0 Å². The first kappa shape index (κ1) is 9.84. The Labute approximate surface area is 98.2 Å². The summed E-state index contributed by atoms with van der Waals surface area (Å²) in [6.45, 7) is 1.96. The van der Waals surface area contributed by atoms with Gasteiger partial charge >= 0.3 is 0 Å². The molecule has 0 aliphatic rings. The van der Waals surface area contributed by atoms with E-state index in [0.29, 0.717) is 0 Å². The monoisotopic (exact) mass is 225 g/mol. The molecule has 0 aliphatic carbocycles. The smallest absolute Gasteiger partial charge is 0.136 e. The first-order valence-corrected chi connectivity index (χ1v) is 5.32. The van der Waals surface area contributed by atoms with Crippen molar-refractivity contribution in [1.29, 1.82) is 0 Å². The fraction of sp³-hybridized carbons (Fsp3) is 0.0769. The highest BCUT2D eigenvalue weighted by molar-refractivity contribution is 5.65. The Balaban J connectivity index is 2.17. The fourth-order valence-corrected chi connectivity index (χ4v) is 1.88. The number of aromatic nitrogens is 3. The maximum Gasteiger partial charge on any atom is 0.136 e. The number of rotatable bonds is 1. The van der Waals surface area contributed by atoms with Gasteiger partial charge in [0, 0.05) is 29.7 Å². The quantitative estimate of drug-likeness (QED) is 0.691. The minimum absolute atomic E-state index is 0.171. The zero-order valence-electron chi connectivity index (χ0n) is 9.33. The van der Waals surface area contributed by atoms with Gasteiger partial charge in [-0.2, -0.15) is 0 Å².